The third kappa shape index (κ3) is 19.7. The van der Waals surface area contributed by atoms with Gasteiger partial charge in [0.15, 0.2) is 0 Å². The van der Waals surface area contributed by atoms with Crippen LogP contribution in [-0.2, 0) is 88.9 Å². The third-order valence-corrected chi connectivity index (χ3v) is 17.4. The van der Waals surface area contributed by atoms with E-state index in [2.05, 4.69) is 10.6 Å². The number of rotatable bonds is 21. The predicted molar refractivity (Wildman–Crippen MR) is 339 cm³/mol. The second-order valence-corrected chi connectivity index (χ2v) is 24.7. The molecule has 14 nitrogen and oxygen atoms in total. The van der Waals surface area contributed by atoms with Crippen molar-refractivity contribution in [1.29, 1.82) is 0 Å². The van der Waals surface area contributed by atoms with E-state index >= 15 is 0 Å². The highest BCUT2D eigenvalue weighted by Crippen LogP contribution is 2.47. The van der Waals surface area contributed by atoms with Crippen molar-refractivity contribution in [1.82, 2.24) is 20.4 Å². The zero-order chi connectivity index (χ0) is 72.0. The molecular weight excluding hydrogens is 1320 g/mol. The molecule has 0 bridgehead atoms. The van der Waals surface area contributed by atoms with Crippen LogP contribution in [0.15, 0.2) is 188 Å². The molecule has 0 spiro atoms. The number of carbonyl (C=O) groups excluding carboxylic acids is 4. The topological polar surface area (TPSA) is 165 Å². The Morgan fingerprint density at radius 2 is 0.737 bits per heavy atom. The molecule has 2 saturated heterocycles. The summed E-state index contributed by atoms with van der Waals surface area (Å²) in [6, 6.07) is 47.1. The SMILES string of the molecule is CC(=O)NC1(CO)CC[C@@](CO[C@H](C)c2cc(C(F)(F)F)cc(C(F)(F)F)c2)(c2ccccc2)N(C(=O)OCc2ccccc2)C1.CC(=O)NC1(COCc2ccccc2)CC[C@@](CO[C@H](C)c2cc(C(F)(F)F)cc(C(F)(F)F)c2)(c2ccccc2)N(C(=O)OCc2ccccc2)C1. The number of benzene rings is 7. The summed E-state index contributed by atoms with van der Waals surface area (Å²) < 4.78 is 194. The van der Waals surface area contributed by atoms with E-state index in [1.807, 2.05) is 36.4 Å². The van der Waals surface area contributed by atoms with E-state index in [4.69, 9.17) is 23.7 Å². The highest BCUT2D eigenvalue weighted by molar-refractivity contribution is 5.76. The van der Waals surface area contributed by atoms with Gasteiger partial charge in [-0.05, 0) is 115 Å². The first-order valence-corrected chi connectivity index (χ1v) is 31.4. The lowest BCUT2D eigenvalue weighted by Gasteiger charge is -2.53. The van der Waals surface area contributed by atoms with Crippen molar-refractivity contribution in [2.24, 2.45) is 0 Å². The molecule has 6 atom stereocenters. The van der Waals surface area contributed by atoms with E-state index in [-0.39, 0.29) is 108 Å². The van der Waals surface area contributed by atoms with Crippen molar-refractivity contribution < 1.29 is 101 Å². The van der Waals surface area contributed by atoms with Crippen LogP contribution in [0.3, 0.4) is 0 Å². The lowest BCUT2D eigenvalue weighted by molar-refractivity contribution is -0.145. The molecule has 2 aliphatic rings. The minimum atomic E-state index is -5.04. The molecule has 0 radical (unpaired) electrons. The van der Waals surface area contributed by atoms with E-state index < -0.39 is 106 Å². The van der Waals surface area contributed by atoms with Crippen molar-refractivity contribution >= 4 is 24.0 Å². The van der Waals surface area contributed by atoms with Gasteiger partial charge in [0.25, 0.3) is 0 Å². The Bertz CT molecular complexity index is 3750. The van der Waals surface area contributed by atoms with Crippen molar-refractivity contribution in [3.8, 4) is 0 Å². The minimum Gasteiger partial charge on any atom is -0.445 e. The van der Waals surface area contributed by atoms with Crippen LogP contribution in [0.5, 0.6) is 0 Å². The molecule has 9 rings (SSSR count). The first-order valence-electron chi connectivity index (χ1n) is 31.4. The molecule has 2 fully saturated rings. The third-order valence-electron chi connectivity index (χ3n) is 17.4. The molecule has 530 valence electrons. The maximum absolute atomic E-state index is 14.3. The van der Waals surface area contributed by atoms with Crippen molar-refractivity contribution in [3.05, 3.63) is 249 Å². The second-order valence-electron chi connectivity index (χ2n) is 24.7. The number of piperidine rings is 2. The van der Waals surface area contributed by atoms with Crippen LogP contribution in [0.2, 0.25) is 0 Å². The summed E-state index contributed by atoms with van der Waals surface area (Å²) in [5.74, 6) is -0.818. The molecule has 99 heavy (non-hydrogen) atoms. The standard InChI is InChI=1S/C40H40F6N2O5.C33H34F6N2O5/c1-28(32-20-34(39(41,42)43)22-35(21-32)40(44,45)46)53-27-38(33-16-10-5-11-17-33)19-18-37(47-29(2)49,26-51-23-30-12-6-3-7-13-30)25-48(38)36(50)52-24-31-14-8-4-9-15-31;1-22(25-15-27(32(34,35)36)17-28(16-25)33(37,38)39)46-21-31(26-11-7-4-8-12-26)14-13-30(20-42,40-23(2)43)19-41(31)29(44)45-18-24-9-5-3-6-10-24/h3-17,20-22,28H,18-19,23-27H2,1-2H3,(H,47,49);3-12,15-17,22,42H,13-14,18-21H2,1-2H3,(H,40,43)/t28-,37?,38-;22-,30?,31-/m11/s1. The van der Waals surface area contributed by atoms with Gasteiger partial charge in [-0.15, -0.1) is 0 Å². The number of likely N-dealkylation sites (tertiary alicyclic amines) is 2. The number of amides is 4. The van der Waals surface area contributed by atoms with Gasteiger partial charge in [-0.1, -0.05) is 152 Å². The maximum atomic E-state index is 14.3. The van der Waals surface area contributed by atoms with Crippen molar-refractivity contribution in [3.63, 3.8) is 0 Å². The largest absolute Gasteiger partial charge is 0.445 e. The van der Waals surface area contributed by atoms with Gasteiger partial charge >= 0.3 is 36.9 Å². The van der Waals surface area contributed by atoms with Gasteiger partial charge in [0.2, 0.25) is 11.8 Å². The van der Waals surface area contributed by atoms with E-state index in [9.17, 15) is 77.0 Å². The Balaban J connectivity index is 0.000000255. The summed E-state index contributed by atoms with van der Waals surface area (Å²) >= 11 is 0. The first-order chi connectivity index (χ1) is 46.7. The Labute approximate surface area is 564 Å². The molecule has 26 heteroatoms. The summed E-state index contributed by atoms with van der Waals surface area (Å²) in [5.41, 5.74) is -8.20. The van der Waals surface area contributed by atoms with Crippen LogP contribution in [0, 0.1) is 0 Å². The number of carbonyl (C=O) groups is 4. The van der Waals surface area contributed by atoms with Crippen LogP contribution >= 0.6 is 0 Å². The lowest BCUT2D eigenvalue weighted by Crippen LogP contribution is -2.68. The average Bonchev–Trinajstić information content (AvgIpc) is 0.749. The quantitative estimate of drug-likeness (QED) is 0.0590. The van der Waals surface area contributed by atoms with Gasteiger partial charge in [-0.3, -0.25) is 19.4 Å². The van der Waals surface area contributed by atoms with Gasteiger partial charge in [0.05, 0.1) is 103 Å². The van der Waals surface area contributed by atoms with Crippen LogP contribution in [0.4, 0.5) is 62.3 Å². The van der Waals surface area contributed by atoms with Crippen LogP contribution in [0.1, 0.15) is 127 Å². The fourth-order valence-corrected chi connectivity index (χ4v) is 12.2. The average molecular weight is 1400 g/mol. The fourth-order valence-electron chi connectivity index (χ4n) is 12.2. The molecule has 4 amide bonds. The number of ether oxygens (including phenoxy) is 5. The number of nitrogens with zero attached hydrogens (tertiary/aromatic N) is 2. The van der Waals surface area contributed by atoms with Crippen LogP contribution in [-0.4, -0.2) is 89.5 Å². The summed E-state index contributed by atoms with van der Waals surface area (Å²) in [6.07, 6.45) is -23.7. The maximum Gasteiger partial charge on any atom is 0.416 e. The fraction of sp³-hybridized carbons (Fsp3) is 0.370. The van der Waals surface area contributed by atoms with Crippen molar-refractivity contribution in [2.75, 3.05) is 39.5 Å². The van der Waals surface area contributed by atoms with Gasteiger partial charge in [-0.2, -0.15) is 52.7 Å². The summed E-state index contributed by atoms with van der Waals surface area (Å²) in [4.78, 5) is 55.7. The monoisotopic (exact) mass is 1390 g/mol. The molecule has 0 aromatic heterocycles. The van der Waals surface area contributed by atoms with Crippen molar-refractivity contribution in [2.45, 2.75) is 132 Å². The molecule has 7 aromatic carbocycles. The molecule has 7 aromatic rings. The summed E-state index contributed by atoms with van der Waals surface area (Å²) in [6.45, 7) is 3.74. The van der Waals surface area contributed by atoms with E-state index in [1.165, 1.54) is 37.5 Å². The number of hydrogen-bond donors (Lipinski definition) is 3. The van der Waals surface area contributed by atoms with Crippen LogP contribution in [0.25, 0.3) is 0 Å². The van der Waals surface area contributed by atoms with Gasteiger partial charge in [-0.25, -0.2) is 9.59 Å². The zero-order valence-corrected chi connectivity index (χ0v) is 54.3. The van der Waals surface area contributed by atoms with E-state index in [0.29, 0.717) is 46.5 Å². The number of halogens is 12. The predicted octanol–water partition coefficient (Wildman–Crippen LogP) is 16.2. The number of aliphatic hydroxyl groups is 1. The molecule has 3 N–H and O–H groups in total. The number of aliphatic hydroxyl groups excluding tert-OH is 1. The Morgan fingerprint density at radius 3 is 1.06 bits per heavy atom. The summed E-state index contributed by atoms with van der Waals surface area (Å²) in [5, 5.41) is 16.1. The number of hydrogen-bond acceptors (Lipinski definition) is 10. The Kier molecular flexibility index (Phi) is 24.4. The van der Waals surface area contributed by atoms with Gasteiger partial charge in [0, 0.05) is 13.8 Å². The Morgan fingerprint density at radius 1 is 0.434 bits per heavy atom. The first kappa shape index (κ1) is 75.8. The molecule has 0 aliphatic carbocycles. The molecule has 2 heterocycles. The second kappa shape index (κ2) is 31.9. The molecule has 2 aliphatic heterocycles. The molecular formula is C73H74F12N4O10. The molecule has 2 unspecified atom stereocenters. The Hall–Kier alpha value is -8.98. The van der Waals surface area contributed by atoms with E-state index in [1.54, 1.807) is 115 Å². The molecule has 0 saturated carbocycles. The van der Waals surface area contributed by atoms with Crippen LogP contribution < -0.4 is 10.6 Å². The highest BCUT2D eigenvalue weighted by Gasteiger charge is 2.55. The smallest absolute Gasteiger partial charge is 0.416 e. The van der Waals surface area contributed by atoms with E-state index in [0.717, 1.165) is 5.56 Å². The normalized spacial score (nSPS) is 20.3. The number of alkyl halides is 12. The lowest BCUT2D eigenvalue weighted by atomic mass is 9.74. The number of nitrogens with one attached hydrogen (secondary N) is 2. The van der Waals surface area contributed by atoms with Gasteiger partial charge in [0.1, 0.15) is 13.2 Å². The van der Waals surface area contributed by atoms with Gasteiger partial charge < -0.3 is 39.4 Å². The summed E-state index contributed by atoms with van der Waals surface area (Å²) in [7, 11) is 0. The minimum absolute atomic E-state index is 0.0104. The highest BCUT2D eigenvalue weighted by atomic mass is 19.4. The zero-order valence-electron chi connectivity index (χ0n) is 54.3.